The molecule has 1 amide bonds. The van der Waals surface area contributed by atoms with Crippen molar-refractivity contribution in [1.82, 2.24) is 19.6 Å². The van der Waals surface area contributed by atoms with Gasteiger partial charge in [-0.25, -0.2) is 0 Å². The van der Waals surface area contributed by atoms with Gasteiger partial charge in [-0.05, 0) is 41.3 Å². The van der Waals surface area contributed by atoms with Crippen molar-refractivity contribution in [2.24, 2.45) is 0 Å². The van der Waals surface area contributed by atoms with E-state index in [1.165, 1.54) is 22.7 Å². The maximum atomic E-state index is 13.4. The van der Waals surface area contributed by atoms with E-state index in [2.05, 4.69) is 80.2 Å². The van der Waals surface area contributed by atoms with Gasteiger partial charge in [0.15, 0.2) is 5.82 Å². The largest absolute Gasteiger partial charge is 0.430 e. The van der Waals surface area contributed by atoms with E-state index in [9.17, 15) is 4.79 Å². The van der Waals surface area contributed by atoms with Crippen LogP contribution in [0.2, 0.25) is 0 Å². The van der Waals surface area contributed by atoms with Gasteiger partial charge in [0.25, 0.3) is 11.1 Å². The molecule has 1 N–H and O–H groups in total. The molecule has 8 heteroatoms. The number of hydrogen-bond acceptors (Lipinski definition) is 7. The van der Waals surface area contributed by atoms with Crippen LogP contribution >= 0.6 is 11.5 Å². The Morgan fingerprint density at radius 3 is 2.23 bits per heavy atom. The summed E-state index contributed by atoms with van der Waals surface area (Å²) >= 11 is 1.24. The molecule has 2 heterocycles. The SMILES string of the molecule is O=C(NCCC(c1ccccc1)c1ccccc1)c1ccc(Oc2nc(Cc3ccccc3)ns2)c(CN2CCOCC2)c1. The van der Waals surface area contributed by atoms with E-state index in [0.29, 0.717) is 49.2 Å². The van der Waals surface area contributed by atoms with Crippen molar-refractivity contribution < 1.29 is 14.3 Å². The highest BCUT2D eigenvalue weighted by Crippen LogP contribution is 2.30. The average molecular weight is 605 g/mol. The lowest BCUT2D eigenvalue weighted by Crippen LogP contribution is -2.35. The lowest BCUT2D eigenvalue weighted by Gasteiger charge is -2.27. The number of nitrogens with one attached hydrogen (secondary N) is 1. The third-order valence-electron chi connectivity index (χ3n) is 7.79. The Balaban J connectivity index is 1.15. The number of benzene rings is 4. The molecule has 5 aromatic rings. The lowest BCUT2D eigenvalue weighted by molar-refractivity contribution is 0.0339. The first-order chi connectivity index (χ1) is 21.7. The topological polar surface area (TPSA) is 76.6 Å². The summed E-state index contributed by atoms with van der Waals surface area (Å²) in [6, 6.07) is 36.7. The van der Waals surface area contributed by atoms with E-state index < -0.39 is 0 Å². The molecule has 1 fully saturated rings. The minimum atomic E-state index is -0.0966. The van der Waals surface area contributed by atoms with E-state index in [1.54, 1.807) is 0 Å². The summed E-state index contributed by atoms with van der Waals surface area (Å²) in [5.74, 6) is 1.51. The molecule has 0 atom stereocenters. The molecule has 0 spiro atoms. The van der Waals surface area contributed by atoms with Crippen molar-refractivity contribution >= 4 is 17.4 Å². The number of hydrogen-bond donors (Lipinski definition) is 1. The molecule has 44 heavy (non-hydrogen) atoms. The van der Waals surface area contributed by atoms with Crippen LogP contribution in [0.15, 0.2) is 109 Å². The Labute approximate surface area is 262 Å². The molecular formula is C36H36N4O3S. The van der Waals surface area contributed by atoms with E-state index in [1.807, 2.05) is 48.5 Å². The highest BCUT2D eigenvalue weighted by molar-refractivity contribution is 7.07. The molecule has 0 aliphatic carbocycles. The van der Waals surface area contributed by atoms with Gasteiger partial charge in [0.2, 0.25) is 0 Å². The van der Waals surface area contributed by atoms with Crippen LogP contribution in [0.4, 0.5) is 0 Å². The molecule has 4 aromatic carbocycles. The van der Waals surface area contributed by atoms with Crippen LogP contribution in [0.25, 0.3) is 0 Å². The van der Waals surface area contributed by atoms with Gasteiger partial charge in [0, 0.05) is 61.2 Å². The van der Waals surface area contributed by atoms with Crippen LogP contribution in [0, 0.1) is 0 Å². The minimum Gasteiger partial charge on any atom is -0.430 e. The zero-order valence-corrected chi connectivity index (χ0v) is 25.4. The third kappa shape index (κ3) is 7.96. The molecule has 7 nitrogen and oxygen atoms in total. The summed E-state index contributed by atoms with van der Waals surface area (Å²) in [6.45, 7) is 4.25. The molecule has 1 aliphatic heterocycles. The van der Waals surface area contributed by atoms with E-state index >= 15 is 0 Å². The van der Waals surface area contributed by atoms with Crippen molar-refractivity contribution in [1.29, 1.82) is 0 Å². The van der Waals surface area contributed by atoms with Crippen molar-refractivity contribution in [2.75, 3.05) is 32.8 Å². The number of carbonyl (C=O) groups is 1. The summed E-state index contributed by atoms with van der Waals surface area (Å²) in [7, 11) is 0. The van der Waals surface area contributed by atoms with Gasteiger partial charge in [-0.1, -0.05) is 91.0 Å². The standard InChI is InChI=1S/C36H36N4O3S/c41-35(37-19-18-32(28-12-6-2-7-13-28)29-14-8-3-9-15-29)30-16-17-33(31(25-30)26-40-20-22-42-23-21-40)43-36-38-34(39-44-36)24-27-10-4-1-5-11-27/h1-17,25,32H,18-24,26H2,(H,37,41). The summed E-state index contributed by atoms with van der Waals surface area (Å²) in [4.78, 5) is 20.3. The highest BCUT2D eigenvalue weighted by Gasteiger charge is 2.19. The number of nitrogens with zero attached hydrogens (tertiary/aromatic N) is 3. The number of amides is 1. The Morgan fingerprint density at radius 1 is 0.886 bits per heavy atom. The number of rotatable bonds is 12. The lowest BCUT2D eigenvalue weighted by atomic mass is 9.88. The summed E-state index contributed by atoms with van der Waals surface area (Å²) in [6.07, 6.45) is 1.44. The maximum absolute atomic E-state index is 13.4. The predicted octanol–water partition coefficient (Wildman–Crippen LogP) is 6.71. The van der Waals surface area contributed by atoms with Crippen LogP contribution < -0.4 is 10.1 Å². The van der Waals surface area contributed by atoms with E-state index in [0.717, 1.165) is 36.5 Å². The second kappa shape index (κ2) is 14.9. The Kier molecular flexibility index (Phi) is 10.0. The van der Waals surface area contributed by atoms with Gasteiger partial charge < -0.3 is 14.8 Å². The maximum Gasteiger partial charge on any atom is 0.298 e. The molecule has 0 radical (unpaired) electrons. The van der Waals surface area contributed by atoms with Crippen LogP contribution in [0.3, 0.4) is 0 Å². The number of ether oxygens (including phenoxy) is 2. The average Bonchev–Trinajstić information content (AvgIpc) is 3.52. The molecule has 1 saturated heterocycles. The summed E-state index contributed by atoms with van der Waals surface area (Å²) in [5, 5.41) is 3.65. The molecule has 0 bridgehead atoms. The van der Waals surface area contributed by atoms with Gasteiger partial charge >= 0.3 is 0 Å². The normalized spacial score (nSPS) is 13.6. The zero-order chi connectivity index (χ0) is 30.0. The predicted molar refractivity (Wildman–Crippen MR) is 173 cm³/mol. The van der Waals surface area contributed by atoms with Crippen molar-refractivity contribution in [3.8, 4) is 10.9 Å². The molecule has 1 aromatic heterocycles. The number of morpholine rings is 1. The second-order valence-corrected chi connectivity index (χ2v) is 11.6. The highest BCUT2D eigenvalue weighted by atomic mass is 32.1. The fraction of sp³-hybridized carbons (Fsp3) is 0.250. The molecule has 6 rings (SSSR count). The Hall–Kier alpha value is -4.37. The van der Waals surface area contributed by atoms with Gasteiger partial charge in [0.1, 0.15) is 5.75 Å². The molecule has 0 unspecified atom stereocenters. The number of carbonyl (C=O) groups excluding carboxylic acids is 1. The first-order valence-electron chi connectivity index (χ1n) is 15.1. The van der Waals surface area contributed by atoms with Crippen molar-refractivity contribution in [3.05, 3.63) is 143 Å². The van der Waals surface area contributed by atoms with Crippen molar-refractivity contribution in [3.63, 3.8) is 0 Å². The summed E-state index contributed by atoms with van der Waals surface area (Å²) in [5.41, 5.74) is 5.18. The van der Waals surface area contributed by atoms with Gasteiger partial charge in [0.05, 0.1) is 13.2 Å². The van der Waals surface area contributed by atoms with Crippen LogP contribution in [0.5, 0.6) is 10.9 Å². The third-order valence-corrected chi connectivity index (χ3v) is 8.43. The molecule has 0 saturated carbocycles. The summed E-state index contributed by atoms with van der Waals surface area (Å²) < 4.78 is 16.3. The Morgan fingerprint density at radius 2 is 1.55 bits per heavy atom. The zero-order valence-electron chi connectivity index (χ0n) is 24.6. The molecular weight excluding hydrogens is 568 g/mol. The monoisotopic (exact) mass is 604 g/mol. The van der Waals surface area contributed by atoms with Crippen LogP contribution in [-0.4, -0.2) is 53.0 Å². The van der Waals surface area contributed by atoms with Gasteiger partial charge in [-0.15, -0.1) is 0 Å². The fourth-order valence-corrected chi connectivity index (χ4v) is 6.06. The van der Waals surface area contributed by atoms with Gasteiger partial charge in [-0.2, -0.15) is 9.36 Å². The van der Waals surface area contributed by atoms with Crippen molar-refractivity contribution in [2.45, 2.75) is 25.3 Å². The smallest absolute Gasteiger partial charge is 0.298 e. The van der Waals surface area contributed by atoms with Crippen LogP contribution in [0.1, 0.15) is 50.8 Å². The quantitative estimate of drug-likeness (QED) is 0.171. The first kappa shape index (κ1) is 29.7. The number of aromatic nitrogens is 2. The van der Waals surface area contributed by atoms with E-state index in [4.69, 9.17) is 9.47 Å². The van der Waals surface area contributed by atoms with Crippen LogP contribution in [-0.2, 0) is 17.7 Å². The fourth-order valence-electron chi connectivity index (χ4n) is 5.50. The molecule has 1 aliphatic rings. The first-order valence-corrected chi connectivity index (χ1v) is 15.8. The minimum absolute atomic E-state index is 0.0966. The molecule has 224 valence electrons. The second-order valence-electron chi connectivity index (χ2n) is 10.9. The Bertz CT molecular complexity index is 1580. The van der Waals surface area contributed by atoms with E-state index in [-0.39, 0.29) is 11.8 Å². The van der Waals surface area contributed by atoms with Gasteiger partial charge in [-0.3, -0.25) is 9.69 Å².